The largest absolute Gasteiger partial charge is 0.379 e. The van der Waals surface area contributed by atoms with E-state index in [2.05, 4.69) is 36.5 Å². The van der Waals surface area contributed by atoms with Gasteiger partial charge >= 0.3 is 0 Å². The van der Waals surface area contributed by atoms with E-state index in [1.165, 1.54) is 44.1 Å². The maximum Gasteiger partial charge on any atom is 0.0797 e. The van der Waals surface area contributed by atoms with E-state index in [0.29, 0.717) is 0 Å². The number of nitrogens with one attached hydrogen (secondary N) is 1. The van der Waals surface area contributed by atoms with Crippen LogP contribution < -0.4 is 5.32 Å². The van der Waals surface area contributed by atoms with Crippen molar-refractivity contribution in [2.24, 2.45) is 0 Å². The fourth-order valence-electron chi connectivity index (χ4n) is 1.98. The lowest BCUT2D eigenvalue weighted by Crippen LogP contribution is -2.24. The molecular formula is C16H25NS. The van der Waals surface area contributed by atoms with Crippen LogP contribution in [0.15, 0.2) is 30.3 Å². The van der Waals surface area contributed by atoms with Crippen molar-refractivity contribution in [3.8, 4) is 0 Å². The first kappa shape index (κ1) is 15.2. The number of thiocarbonyl (C=S) groups is 1. The minimum Gasteiger partial charge on any atom is -0.379 e. The highest BCUT2D eigenvalue weighted by Crippen LogP contribution is 2.04. The Labute approximate surface area is 117 Å². The molecule has 0 aliphatic heterocycles. The third-order valence-electron chi connectivity index (χ3n) is 3.06. The van der Waals surface area contributed by atoms with Gasteiger partial charge in [0.15, 0.2) is 0 Å². The molecule has 0 heterocycles. The van der Waals surface area contributed by atoms with E-state index in [0.717, 1.165) is 18.0 Å². The molecule has 100 valence electrons. The molecule has 0 atom stereocenters. The van der Waals surface area contributed by atoms with Crippen LogP contribution in [0.25, 0.3) is 0 Å². The number of hydrogen-bond donors (Lipinski definition) is 1. The highest BCUT2D eigenvalue weighted by molar-refractivity contribution is 7.80. The maximum absolute atomic E-state index is 5.34. The summed E-state index contributed by atoms with van der Waals surface area (Å²) in [7, 11) is 0. The third kappa shape index (κ3) is 7.44. The molecule has 1 N–H and O–H groups in total. The number of benzene rings is 1. The van der Waals surface area contributed by atoms with Crippen LogP contribution in [0.5, 0.6) is 0 Å². The first-order valence-corrected chi connectivity index (χ1v) is 7.54. The van der Waals surface area contributed by atoms with Crippen LogP contribution >= 0.6 is 12.2 Å². The summed E-state index contributed by atoms with van der Waals surface area (Å²) >= 11 is 5.34. The van der Waals surface area contributed by atoms with Gasteiger partial charge in [0.25, 0.3) is 0 Å². The minimum absolute atomic E-state index is 0.867. The normalized spacial score (nSPS) is 10.3. The van der Waals surface area contributed by atoms with Crippen LogP contribution in [-0.2, 0) is 6.42 Å². The van der Waals surface area contributed by atoms with E-state index in [4.69, 9.17) is 12.2 Å². The molecule has 0 fully saturated rings. The molecule has 0 unspecified atom stereocenters. The Hall–Kier alpha value is -0.890. The van der Waals surface area contributed by atoms with Gasteiger partial charge in [-0.3, -0.25) is 0 Å². The lowest BCUT2D eigenvalue weighted by molar-refractivity contribution is 0.602. The van der Waals surface area contributed by atoms with Crippen molar-refractivity contribution in [3.05, 3.63) is 35.9 Å². The Morgan fingerprint density at radius 2 is 1.67 bits per heavy atom. The second kappa shape index (κ2) is 10.1. The first-order chi connectivity index (χ1) is 8.83. The van der Waals surface area contributed by atoms with Crippen molar-refractivity contribution < 1.29 is 0 Å². The summed E-state index contributed by atoms with van der Waals surface area (Å²) in [6, 6.07) is 10.4. The highest BCUT2D eigenvalue weighted by atomic mass is 32.1. The van der Waals surface area contributed by atoms with Crippen molar-refractivity contribution in [2.45, 2.75) is 51.9 Å². The van der Waals surface area contributed by atoms with E-state index in [1.54, 1.807) is 0 Å². The van der Waals surface area contributed by atoms with E-state index in [9.17, 15) is 0 Å². The van der Waals surface area contributed by atoms with Crippen LogP contribution in [0, 0.1) is 0 Å². The summed E-state index contributed by atoms with van der Waals surface area (Å²) in [5.41, 5.74) is 1.29. The predicted octanol–water partition coefficient (Wildman–Crippen LogP) is 4.51. The molecule has 0 saturated carbocycles. The lowest BCUT2D eigenvalue weighted by Gasteiger charge is -2.07. The zero-order valence-corrected chi connectivity index (χ0v) is 12.3. The molecule has 0 bridgehead atoms. The first-order valence-electron chi connectivity index (χ1n) is 7.13. The van der Waals surface area contributed by atoms with Crippen LogP contribution in [0.3, 0.4) is 0 Å². The maximum atomic E-state index is 5.34. The van der Waals surface area contributed by atoms with Gasteiger partial charge in [0.1, 0.15) is 0 Å². The Morgan fingerprint density at radius 1 is 1.00 bits per heavy atom. The van der Waals surface area contributed by atoms with Crippen molar-refractivity contribution in [1.82, 2.24) is 5.32 Å². The van der Waals surface area contributed by atoms with Gasteiger partial charge in [-0.1, -0.05) is 81.6 Å². The summed E-state index contributed by atoms with van der Waals surface area (Å²) in [5.74, 6) is 0. The minimum atomic E-state index is 0.867. The average Bonchev–Trinajstić information content (AvgIpc) is 2.39. The molecule has 1 aromatic rings. The average molecular weight is 263 g/mol. The van der Waals surface area contributed by atoms with Gasteiger partial charge in [0.2, 0.25) is 0 Å². The zero-order valence-electron chi connectivity index (χ0n) is 11.5. The van der Waals surface area contributed by atoms with Crippen LogP contribution in [0.2, 0.25) is 0 Å². The second-order valence-electron chi connectivity index (χ2n) is 4.78. The van der Waals surface area contributed by atoms with Gasteiger partial charge in [-0.05, 0) is 12.0 Å². The highest BCUT2D eigenvalue weighted by Gasteiger charge is 1.98. The van der Waals surface area contributed by atoms with Gasteiger partial charge in [-0.25, -0.2) is 0 Å². The molecule has 1 nitrogen and oxygen atoms in total. The molecule has 0 radical (unpaired) electrons. The molecule has 1 rings (SSSR count). The Kier molecular flexibility index (Phi) is 8.49. The molecule has 0 amide bonds. The topological polar surface area (TPSA) is 12.0 Å². The van der Waals surface area contributed by atoms with Crippen molar-refractivity contribution in [1.29, 1.82) is 0 Å². The molecule has 0 aromatic heterocycles. The van der Waals surface area contributed by atoms with Gasteiger partial charge in [0, 0.05) is 13.0 Å². The van der Waals surface area contributed by atoms with Gasteiger partial charge in [-0.2, -0.15) is 0 Å². The number of rotatable bonds is 9. The van der Waals surface area contributed by atoms with E-state index >= 15 is 0 Å². The van der Waals surface area contributed by atoms with Crippen LogP contribution in [0.1, 0.15) is 51.0 Å². The van der Waals surface area contributed by atoms with Gasteiger partial charge in [0.05, 0.1) is 4.99 Å². The fourth-order valence-corrected chi connectivity index (χ4v) is 2.25. The van der Waals surface area contributed by atoms with Crippen LogP contribution in [-0.4, -0.2) is 11.5 Å². The van der Waals surface area contributed by atoms with Gasteiger partial charge < -0.3 is 5.32 Å². The molecule has 0 saturated heterocycles. The SMILES string of the molecule is CCCCCCCCNC(=S)Cc1ccccc1. The second-order valence-corrected chi connectivity index (χ2v) is 5.27. The predicted molar refractivity (Wildman–Crippen MR) is 84.1 cm³/mol. The standard InChI is InChI=1S/C16H25NS/c1-2-3-4-5-6-10-13-17-16(18)14-15-11-8-7-9-12-15/h7-9,11-12H,2-6,10,13-14H2,1H3,(H,17,18). The Morgan fingerprint density at radius 3 is 2.39 bits per heavy atom. The summed E-state index contributed by atoms with van der Waals surface area (Å²) in [6.45, 7) is 3.28. The van der Waals surface area contributed by atoms with E-state index in [-0.39, 0.29) is 0 Å². The Bertz CT molecular complexity index is 321. The molecule has 1 aromatic carbocycles. The van der Waals surface area contributed by atoms with Gasteiger partial charge in [-0.15, -0.1) is 0 Å². The molecule has 2 heteroatoms. The van der Waals surface area contributed by atoms with Crippen molar-refractivity contribution >= 4 is 17.2 Å². The number of hydrogen-bond acceptors (Lipinski definition) is 1. The van der Waals surface area contributed by atoms with E-state index in [1.807, 2.05) is 6.07 Å². The summed E-state index contributed by atoms with van der Waals surface area (Å²) in [4.78, 5) is 0.967. The number of unbranched alkanes of at least 4 members (excludes halogenated alkanes) is 5. The molecule has 0 spiro atoms. The van der Waals surface area contributed by atoms with Crippen molar-refractivity contribution in [3.63, 3.8) is 0 Å². The molecule has 0 aliphatic rings. The molecule has 18 heavy (non-hydrogen) atoms. The van der Waals surface area contributed by atoms with Crippen LogP contribution in [0.4, 0.5) is 0 Å². The lowest BCUT2D eigenvalue weighted by atomic mass is 10.1. The molecular weight excluding hydrogens is 238 g/mol. The third-order valence-corrected chi connectivity index (χ3v) is 3.35. The summed E-state index contributed by atoms with van der Waals surface area (Å²) in [5, 5.41) is 3.35. The summed E-state index contributed by atoms with van der Waals surface area (Å²) < 4.78 is 0. The monoisotopic (exact) mass is 263 g/mol. The smallest absolute Gasteiger partial charge is 0.0797 e. The Balaban J connectivity index is 2.00. The van der Waals surface area contributed by atoms with Crippen molar-refractivity contribution in [2.75, 3.05) is 6.54 Å². The summed E-state index contributed by atoms with van der Waals surface area (Å²) in [6.07, 6.45) is 8.86. The zero-order chi connectivity index (χ0) is 13.1. The molecule has 0 aliphatic carbocycles. The fraction of sp³-hybridized carbons (Fsp3) is 0.562. The quantitative estimate of drug-likeness (QED) is 0.520. The van der Waals surface area contributed by atoms with E-state index < -0.39 is 0 Å².